The van der Waals surface area contributed by atoms with Gasteiger partial charge in [-0.05, 0) is 56.3 Å². The molecule has 0 radical (unpaired) electrons. The number of hydrogen-bond donors (Lipinski definition) is 0. The maximum Gasteiger partial charge on any atom is 0.305 e. The first kappa shape index (κ1) is 33.9. The molecule has 0 saturated carbocycles. The highest BCUT2D eigenvalue weighted by Gasteiger charge is 2.08. The number of carbonyl (C=O) groups is 2. The van der Waals surface area contributed by atoms with E-state index in [4.69, 9.17) is 9.47 Å². The van der Waals surface area contributed by atoms with Crippen LogP contribution in [0.5, 0.6) is 0 Å². The molecule has 208 valence electrons. The van der Waals surface area contributed by atoms with Gasteiger partial charge in [-0.25, -0.2) is 0 Å². The van der Waals surface area contributed by atoms with Crippen LogP contribution in [0.25, 0.3) is 0 Å². The van der Waals surface area contributed by atoms with E-state index >= 15 is 0 Å². The van der Waals surface area contributed by atoms with Crippen molar-refractivity contribution in [1.29, 1.82) is 0 Å². The highest BCUT2D eigenvalue weighted by molar-refractivity contribution is 5.69. The Morgan fingerprint density at radius 3 is 1.31 bits per heavy atom. The summed E-state index contributed by atoms with van der Waals surface area (Å²) in [6, 6.07) is 0. The van der Waals surface area contributed by atoms with Gasteiger partial charge in [0.05, 0.1) is 13.2 Å². The smallest absolute Gasteiger partial charge is 0.305 e. The van der Waals surface area contributed by atoms with Gasteiger partial charge in [0.25, 0.3) is 0 Å². The van der Waals surface area contributed by atoms with Crippen molar-refractivity contribution < 1.29 is 19.1 Å². The molecule has 4 nitrogen and oxygen atoms in total. The standard InChI is InChI=1S/C31H60O4/c1-27(2)19-17-25-34-30(32)22-16-14-12-10-8-6-7-9-11-13-15-21-29(5)23-24-31(33)35-26-18-20-28(3)4/h27-29H,6-26H2,1-5H3. The Balaban J connectivity index is 3.32. The third-order valence-electron chi connectivity index (χ3n) is 6.80. The number of unbranched alkanes of at least 4 members (excludes halogenated alkanes) is 10. The van der Waals surface area contributed by atoms with Gasteiger partial charge in [-0.3, -0.25) is 9.59 Å². The third-order valence-corrected chi connectivity index (χ3v) is 6.80. The molecule has 0 aliphatic carbocycles. The van der Waals surface area contributed by atoms with E-state index in [0.29, 0.717) is 43.8 Å². The quantitative estimate of drug-likeness (QED) is 0.0932. The highest BCUT2D eigenvalue weighted by atomic mass is 16.5. The van der Waals surface area contributed by atoms with Crippen molar-refractivity contribution in [3.8, 4) is 0 Å². The molecule has 0 aliphatic heterocycles. The lowest BCUT2D eigenvalue weighted by atomic mass is 9.97. The molecule has 1 atom stereocenters. The molecule has 4 heteroatoms. The Kier molecular flexibility index (Phi) is 23.9. The van der Waals surface area contributed by atoms with Gasteiger partial charge in [0.15, 0.2) is 0 Å². The van der Waals surface area contributed by atoms with Crippen molar-refractivity contribution in [2.75, 3.05) is 13.2 Å². The molecule has 0 rings (SSSR count). The van der Waals surface area contributed by atoms with E-state index in [1.54, 1.807) is 0 Å². The molecule has 0 aromatic carbocycles. The predicted octanol–water partition coefficient (Wildman–Crippen LogP) is 9.43. The molecular formula is C31H60O4. The maximum absolute atomic E-state index is 11.8. The maximum atomic E-state index is 11.8. The largest absolute Gasteiger partial charge is 0.466 e. The van der Waals surface area contributed by atoms with Gasteiger partial charge in [-0.15, -0.1) is 0 Å². The zero-order valence-corrected chi connectivity index (χ0v) is 24.2. The van der Waals surface area contributed by atoms with Crippen LogP contribution in [0.15, 0.2) is 0 Å². The summed E-state index contributed by atoms with van der Waals surface area (Å²) in [7, 11) is 0. The van der Waals surface area contributed by atoms with E-state index in [1.807, 2.05) is 0 Å². The first-order valence-corrected chi connectivity index (χ1v) is 15.1. The minimum Gasteiger partial charge on any atom is -0.466 e. The Morgan fingerprint density at radius 1 is 0.457 bits per heavy atom. The molecule has 0 saturated heterocycles. The van der Waals surface area contributed by atoms with Gasteiger partial charge in [0.2, 0.25) is 0 Å². The fourth-order valence-corrected chi connectivity index (χ4v) is 4.36. The lowest BCUT2D eigenvalue weighted by Crippen LogP contribution is -2.08. The number of rotatable bonds is 25. The molecular weight excluding hydrogens is 436 g/mol. The Hall–Kier alpha value is -1.06. The predicted molar refractivity (Wildman–Crippen MR) is 148 cm³/mol. The van der Waals surface area contributed by atoms with Gasteiger partial charge in [-0.2, -0.15) is 0 Å². The van der Waals surface area contributed by atoms with Crippen molar-refractivity contribution >= 4 is 11.9 Å². The van der Waals surface area contributed by atoms with Crippen LogP contribution in [0, 0.1) is 17.8 Å². The van der Waals surface area contributed by atoms with Gasteiger partial charge >= 0.3 is 11.9 Å². The Bertz CT molecular complexity index is 486. The molecule has 35 heavy (non-hydrogen) atoms. The molecule has 0 spiro atoms. The minimum absolute atomic E-state index is 0.0156. The molecule has 0 N–H and O–H groups in total. The molecule has 0 aromatic heterocycles. The second kappa shape index (κ2) is 24.6. The zero-order chi connectivity index (χ0) is 26.2. The monoisotopic (exact) mass is 496 g/mol. The average molecular weight is 497 g/mol. The molecule has 0 heterocycles. The van der Waals surface area contributed by atoms with Crippen LogP contribution >= 0.6 is 0 Å². The summed E-state index contributed by atoms with van der Waals surface area (Å²) in [5.41, 5.74) is 0. The fourth-order valence-electron chi connectivity index (χ4n) is 4.36. The van der Waals surface area contributed by atoms with Crippen LogP contribution in [0.2, 0.25) is 0 Å². The molecule has 0 fully saturated rings. The molecule has 0 aromatic rings. The first-order chi connectivity index (χ1) is 16.8. The normalized spacial score (nSPS) is 12.3. The number of ether oxygens (including phenoxy) is 2. The van der Waals surface area contributed by atoms with Crippen LogP contribution < -0.4 is 0 Å². The van der Waals surface area contributed by atoms with Gasteiger partial charge < -0.3 is 9.47 Å². The summed E-state index contributed by atoms with van der Waals surface area (Å²) in [6.45, 7) is 12.2. The van der Waals surface area contributed by atoms with Gasteiger partial charge in [0, 0.05) is 12.8 Å². The van der Waals surface area contributed by atoms with Crippen LogP contribution in [0.1, 0.15) is 157 Å². The summed E-state index contributed by atoms with van der Waals surface area (Å²) < 4.78 is 10.6. The van der Waals surface area contributed by atoms with E-state index in [0.717, 1.165) is 44.9 Å². The number of carbonyl (C=O) groups excluding carboxylic acids is 2. The van der Waals surface area contributed by atoms with Crippen molar-refractivity contribution in [3.63, 3.8) is 0 Å². The Morgan fingerprint density at radius 2 is 0.857 bits per heavy atom. The van der Waals surface area contributed by atoms with E-state index in [9.17, 15) is 9.59 Å². The van der Waals surface area contributed by atoms with E-state index in [1.165, 1.54) is 64.2 Å². The lowest BCUT2D eigenvalue weighted by molar-refractivity contribution is -0.145. The third kappa shape index (κ3) is 27.4. The van der Waals surface area contributed by atoms with Crippen molar-refractivity contribution in [1.82, 2.24) is 0 Å². The van der Waals surface area contributed by atoms with E-state index < -0.39 is 0 Å². The van der Waals surface area contributed by atoms with Crippen molar-refractivity contribution in [2.45, 2.75) is 157 Å². The number of hydrogen-bond acceptors (Lipinski definition) is 4. The van der Waals surface area contributed by atoms with Crippen LogP contribution in [-0.4, -0.2) is 25.2 Å². The van der Waals surface area contributed by atoms with E-state index in [2.05, 4.69) is 34.6 Å². The SMILES string of the molecule is CC(C)CCCOC(=O)CCCCCCCCCCCCCC(C)CCC(=O)OCCCC(C)C. The minimum atomic E-state index is -0.0179. The lowest BCUT2D eigenvalue weighted by Gasteiger charge is -2.11. The summed E-state index contributed by atoms with van der Waals surface area (Å²) >= 11 is 0. The van der Waals surface area contributed by atoms with Gasteiger partial charge in [0.1, 0.15) is 0 Å². The van der Waals surface area contributed by atoms with Crippen LogP contribution in [-0.2, 0) is 19.1 Å². The molecule has 0 aliphatic rings. The summed E-state index contributed by atoms with van der Waals surface area (Å²) in [5, 5.41) is 0. The average Bonchev–Trinajstić information content (AvgIpc) is 2.81. The summed E-state index contributed by atoms with van der Waals surface area (Å²) in [6.07, 6.45) is 21.5. The van der Waals surface area contributed by atoms with Crippen LogP contribution in [0.4, 0.5) is 0 Å². The van der Waals surface area contributed by atoms with Gasteiger partial charge in [-0.1, -0.05) is 105 Å². The van der Waals surface area contributed by atoms with Crippen molar-refractivity contribution in [2.24, 2.45) is 17.8 Å². The molecule has 1 unspecified atom stereocenters. The topological polar surface area (TPSA) is 52.6 Å². The summed E-state index contributed by atoms with van der Waals surface area (Å²) in [4.78, 5) is 23.5. The zero-order valence-electron chi connectivity index (χ0n) is 24.2. The van der Waals surface area contributed by atoms with E-state index in [-0.39, 0.29) is 11.9 Å². The Labute approximate surface area is 218 Å². The number of esters is 2. The second-order valence-electron chi connectivity index (χ2n) is 11.6. The van der Waals surface area contributed by atoms with Crippen LogP contribution in [0.3, 0.4) is 0 Å². The van der Waals surface area contributed by atoms with Crippen molar-refractivity contribution in [3.05, 3.63) is 0 Å². The molecule has 0 amide bonds. The first-order valence-electron chi connectivity index (χ1n) is 15.1. The highest BCUT2D eigenvalue weighted by Crippen LogP contribution is 2.17. The fraction of sp³-hybridized carbons (Fsp3) is 0.935. The molecule has 0 bridgehead atoms. The second-order valence-corrected chi connectivity index (χ2v) is 11.6. The summed E-state index contributed by atoms with van der Waals surface area (Å²) in [5.74, 6) is 1.94.